The number of nitrogens with one attached hydrogen (secondary N) is 1. The molecule has 1 aliphatic heterocycles. The fourth-order valence-electron chi connectivity index (χ4n) is 4.74. The van der Waals surface area contributed by atoms with Gasteiger partial charge in [0.05, 0.1) is 0 Å². The highest BCUT2D eigenvalue weighted by Gasteiger charge is 2.48. The third-order valence-corrected chi connectivity index (χ3v) is 6.14. The van der Waals surface area contributed by atoms with Crippen LogP contribution in [0.5, 0.6) is 5.75 Å². The molecule has 132 valence electrons. The maximum absolute atomic E-state index is 6.54. The smallest absolute Gasteiger partial charge is 0.123 e. The first-order valence-electron chi connectivity index (χ1n) is 9.82. The molecule has 0 aromatic heterocycles. The Labute approximate surface area is 151 Å². The van der Waals surface area contributed by atoms with Crippen molar-refractivity contribution in [2.24, 2.45) is 0 Å². The van der Waals surface area contributed by atoms with Crippen LogP contribution in [0.4, 0.5) is 0 Å². The monoisotopic (exact) mass is 335 g/mol. The minimum atomic E-state index is 0.0393. The molecule has 2 nitrogen and oxygen atoms in total. The van der Waals surface area contributed by atoms with Crippen molar-refractivity contribution in [2.75, 3.05) is 13.1 Å². The van der Waals surface area contributed by atoms with E-state index in [2.05, 4.69) is 60.8 Å². The molecule has 0 radical (unpaired) electrons. The number of aryl methyl sites for hydroxylation is 1. The standard InChI is InChI=1S/C23H29NO/c1-18-8-2-3-9-19(18)13-16-24-17-15-23-14-7-6-11-21(23)20-10-4-5-12-22(20)25-23/h2-5,8-10,12,21,24H,6-7,11,13-17H2,1H3. The predicted molar refractivity (Wildman–Crippen MR) is 103 cm³/mol. The van der Waals surface area contributed by atoms with E-state index in [1.807, 2.05) is 0 Å². The molecule has 2 aromatic carbocycles. The van der Waals surface area contributed by atoms with Gasteiger partial charge in [0.15, 0.2) is 0 Å². The van der Waals surface area contributed by atoms with Gasteiger partial charge in [-0.15, -0.1) is 0 Å². The van der Waals surface area contributed by atoms with E-state index in [0.29, 0.717) is 5.92 Å². The molecule has 0 amide bonds. The topological polar surface area (TPSA) is 21.3 Å². The quantitative estimate of drug-likeness (QED) is 0.750. The van der Waals surface area contributed by atoms with Crippen LogP contribution in [0.1, 0.15) is 54.7 Å². The molecule has 1 N–H and O–H groups in total. The number of hydrogen-bond donors (Lipinski definition) is 1. The second-order valence-corrected chi connectivity index (χ2v) is 7.68. The van der Waals surface area contributed by atoms with Gasteiger partial charge in [0, 0.05) is 17.9 Å². The first kappa shape index (κ1) is 16.7. The average Bonchev–Trinajstić information content (AvgIpc) is 2.97. The van der Waals surface area contributed by atoms with Crippen LogP contribution in [-0.4, -0.2) is 18.7 Å². The van der Waals surface area contributed by atoms with Crippen LogP contribution >= 0.6 is 0 Å². The number of para-hydroxylation sites is 1. The molecule has 0 spiro atoms. The van der Waals surface area contributed by atoms with Gasteiger partial charge in [-0.3, -0.25) is 0 Å². The van der Waals surface area contributed by atoms with Crippen LogP contribution in [0.3, 0.4) is 0 Å². The predicted octanol–water partition coefficient (Wildman–Crippen LogP) is 5.01. The van der Waals surface area contributed by atoms with Crippen molar-refractivity contribution in [2.45, 2.75) is 57.0 Å². The van der Waals surface area contributed by atoms with E-state index in [4.69, 9.17) is 4.74 Å². The van der Waals surface area contributed by atoms with Gasteiger partial charge in [-0.05, 0) is 62.9 Å². The van der Waals surface area contributed by atoms with Crippen LogP contribution in [0.15, 0.2) is 48.5 Å². The largest absolute Gasteiger partial charge is 0.486 e. The molecule has 1 heterocycles. The van der Waals surface area contributed by atoms with Gasteiger partial charge in [0.25, 0.3) is 0 Å². The zero-order valence-electron chi connectivity index (χ0n) is 15.3. The minimum absolute atomic E-state index is 0.0393. The number of ether oxygens (including phenoxy) is 1. The molecule has 1 saturated carbocycles. The lowest BCUT2D eigenvalue weighted by molar-refractivity contribution is 0.0277. The highest BCUT2D eigenvalue weighted by atomic mass is 16.5. The zero-order valence-corrected chi connectivity index (χ0v) is 15.3. The summed E-state index contributed by atoms with van der Waals surface area (Å²) in [6, 6.07) is 17.4. The first-order chi connectivity index (χ1) is 12.3. The molecule has 4 rings (SSSR count). The second kappa shape index (κ2) is 7.21. The Balaban J connectivity index is 1.33. The number of hydrogen-bond acceptors (Lipinski definition) is 2. The van der Waals surface area contributed by atoms with E-state index in [1.54, 1.807) is 0 Å². The highest BCUT2D eigenvalue weighted by molar-refractivity contribution is 5.43. The Kier molecular flexibility index (Phi) is 4.80. The minimum Gasteiger partial charge on any atom is -0.486 e. The van der Waals surface area contributed by atoms with Gasteiger partial charge in [0.2, 0.25) is 0 Å². The summed E-state index contributed by atoms with van der Waals surface area (Å²) in [5, 5.41) is 3.66. The Bertz CT molecular complexity index is 726. The van der Waals surface area contributed by atoms with Gasteiger partial charge >= 0.3 is 0 Å². The Hall–Kier alpha value is -1.80. The van der Waals surface area contributed by atoms with Crippen LogP contribution in [0, 0.1) is 6.92 Å². The Morgan fingerprint density at radius 1 is 1.04 bits per heavy atom. The molecular formula is C23H29NO. The number of fused-ring (bicyclic) bond motifs is 3. The molecule has 0 saturated heterocycles. The molecule has 2 aliphatic rings. The van der Waals surface area contributed by atoms with Crippen molar-refractivity contribution in [3.8, 4) is 5.75 Å². The van der Waals surface area contributed by atoms with E-state index in [1.165, 1.54) is 42.4 Å². The third-order valence-electron chi connectivity index (χ3n) is 6.14. The van der Waals surface area contributed by atoms with Crippen LogP contribution in [0.2, 0.25) is 0 Å². The maximum Gasteiger partial charge on any atom is 0.123 e. The SMILES string of the molecule is Cc1ccccc1CCNCCC12CCCCC1c1ccccc1O2. The molecule has 0 bridgehead atoms. The summed E-state index contributed by atoms with van der Waals surface area (Å²) in [5.41, 5.74) is 4.33. The average molecular weight is 335 g/mol. The van der Waals surface area contributed by atoms with Crippen molar-refractivity contribution in [3.05, 3.63) is 65.2 Å². The van der Waals surface area contributed by atoms with E-state index in [-0.39, 0.29) is 5.60 Å². The van der Waals surface area contributed by atoms with Crippen molar-refractivity contribution in [3.63, 3.8) is 0 Å². The Morgan fingerprint density at radius 3 is 2.80 bits per heavy atom. The fourth-order valence-corrected chi connectivity index (χ4v) is 4.74. The lowest BCUT2D eigenvalue weighted by atomic mass is 9.72. The molecule has 25 heavy (non-hydrogen) atoms. The maximum atomic E-state index is 6.54. The van der Waals surface area contributed by atoms with Gasteiger partial charge < -0.3 is 10.1 Å². The lowest BCUT2D eigenvalue weighted by Crippen LogP contribution is -2.43. The molecule has 2 atom stereocenters. The van der Waals surface area contributed by atoms with E-state index in [0.717, 1.165) is 31.7 Å². The van der Waals surface area contributed by atoms with Gasteiger partial charge in [-0.1, -0.05) is 48.9 Å². The molecule has 1 fully saturated rings. The normalized spacial score (nSPS) is 24.4. The summed E-state index contributed by atoms with van der Waals surface area (Å²) in [6.07, 6.45) is 7.33. The summed E-state index contributed by atoms with van der Waals surface area (Å²) in [7, 11) is 0. The molecular weight excluding hydrogens is 306 g/mol. The molecule has 1 aliphatic carbocycles. The Morgan fingerprint density at radius 2 is 1.88 bits per heavy atom. The number of rotatable bonds is 6. The summed E-state index contributed by atoms with van der Waals surface area (Å²) in [6.45, 7) is 4.28. The molecule has 2 unspecified atom stereocenters. The van der Waals surface area contributed by atoms with Crippen LogP contribution < -0.4 is 10.1 Å². The summed E-state index contributed by atoms with van der Waals surface area (Å²) in [4.78, 5) is 0. The van der Waals surface area contributed by atoms with Crippen molar-refractivity contribution < 1.29 is 4.74 Å². The second-order valence-electron chi connectivity index (χ2n) is 7.68. The van der Waals surface area contributed by atoms with E-state index in [9.17, 15) is 0 Å². The van der Waals surface area contributed by atoms with Gasteiger partial charge in [-0.25, -0.2) is 0 Å². The van der Waals surface area contributed by atoms with Gasteiger partial charge in [0.1, 0.15) is 11.4 Å². The molecule has 2 aromatic rings. The van der Waals surface area contributed by atoms with E-state index >= 15 is 0 Å². The number of benzene rings is 2. The zero-order chi connectivity index (χ0) is 17.1. The summed E-state index contributed by atoms with van der Waals surface area (Å²) in [5.74, 6) is 1.73. The van der Waals surface area contributed by atoms with Crippen molar-refractivity contribution >= 4 is 0 Å². The van der Waals surface area contributed by atoms with Crippen LogP contribution in [0.25, 0.3) is 0 Å². The van der Waals surface area contributed by atoms with Crippen molar-refractivity contribution in [1.82, 2.24) is 5.32 Å². The highest BCUT2D eigenvalue weighted by Crippen LogP contribution is 2.53. The van der Waals surface area contributed by atoms with Crippen molar-refractivity contribution in [1.29, 1.82) is 0 Å². The lowest BCUT2D eigenvalue weighted by Gasteiger charge is -2.38. The molecule has 2 heteroatoms. The summed E-state index contributed by atoms with van der Waals surface area (Å²) >= 11 is 0. The van der Waals surface area contributed by atoms with Crippen LogP contribution in [-0.2, 0) is 6.42 Å². The summed E-state index contributed by atoms with van der Waals surface area (Å²) < 4.78 is 6.54. The van der Waals surface area contributed by atoms with E-state index < -0.39 is 0 Å². The van der Waals surface area contributed by atoms with Gasteiger partial charge in [-0.2, -0.15) is 0 Å². The first-order valence-corrected chi connectivity index (χ1v) is 9.82. The third kappa shape index (κ3) is 3.32. The fraction of sp³-hybridized carbons (Fsp3) is 0.478.